The van der Waals surface area contributed by atoms with Gasteiger partial charge in [0.05, 0.1) is 7.11 Å². The van der Waals surface area contributed by atoms with Crippen LogP contribution in [0.2, 0.25) is 0 Å². The monoisotopic (exact) mass is 348 g/mol. The van der Waals surface area contributed by atoms with Crippen molar-refractivity contribution < 1.29 is 9.53 Å². The van der Waals surface area contributed by atoms with Crippen LogP contribution in [0, 0.1) is 0 Å². The lowest BCUT2D eigenvalue weighted by Crippen LogP contribution is -2.24. The van der Waals surface area contributed by atoms with E-state index >= 15 is 0 Å². The second-order valence-electron chi connectivity index (χ2n) is 5.64. The van der Waals surface area contributed by atoms with Gasteiger partial charge in [0.2, 0.25) is 0 Å². The zero-order valence-electron chi connectivity index (χ0n) is 14.5. The van der Waals surface area contributed by atoms with Crippen molar-refractivity contribution in [3.05, 3.63) is 83.6 Å². The zero-order chi connectivity index (χ0) is 18.2. The average molecular weight is 348 g/mol. The molecule has 3 aromatic rings. The Bertz CT molecular complexity index is 851. The number of carbonyl (C=O) groups excluding carboxylic acids is 1. The number of nitrogens with one attached hydrogen (secondary N) is 2. The molecule has 2 N–H and O–H groups in total. The fourth-order valence-electron chi connectivity index (χ4n) is 2.45. The van der Waals surface area contributed by atoms with E-state index in [2.05, 4.69) is 20.8 Å². The molecule has 0 saturated carbocycles. The van der Waals surface area contributed by atoms with Crippen molar-refractivity contribution in [2.45, 2.75) is 13.1 Å². The van der Waals surface area contributed by atoms with E-state index in [-0.39, 0.29) is 11.6 Å². The maximum atomic E-state index is 12.2. The van der Waals surface area contributed by atoms with Gasteiger partial charge < -0.3 is 15.4 Å². The van der Waals surface area contributed by atoms with Crippen molar-refractivity contribution in [1.29, 1.82) is 0 Å². The summed E-state index contributed by atoms with van der Waals surface area (Å²) in [4.78, 5) is 12.2. The summed E-state index contributed by atoms with van der Waals surface area (Å²) in [6.45, 7) is 1.01. The summed E-state index contributed by atoms with van der Waals surface area (Å²) >= 11 is 0. The summed E-state index contributed by atoms with van der Waals surface area (Å²) in [6.07, 6.45) is 0. The lowest BCUT2D eigenvalue weighted by Gasteiger charge is -2.09. The third-order valence-corrected chi connectivity index (χ3v) is 3.85. The number of anilines is 1. The molecule has 0 aliphatic carbocycles. The number of methoxy groups -OCH3 is 1. The van der Waals surface area contributed by atoms with Crippen molar-refractivity contribution in [2.75, 3.05) is 12.4 Å². The highest BCUT2D eigenvalue weighted by molar-refractivity contribution is 5.92. The van der Waals surface area contributed by atoms with Gasteiger partial charge in [0.1, 0.15) is 11.6 Å². The quantitative estimate of drug-likeness (QED) is 0.686. The number of carbonyl (C=O) groups is 1. The molecule has 0 spiro atoms. The normalized spacial score (nSPS) is 10.2. The lowest BCUT2D eigenvalue weighted by molar-refractivity contribution is 0.0944. The Balaban J connectivity index is 1.55. The molecule has 6 heteroatoms. The van der Waals surface area contributed by atoms with E-state index in [0.29, 0.717) is 18.9 Å². The van der Waals surface area contributed by atoms with E-state index in [1.54, 1.807) is 19.2 Å². The standard InChI is InChI=1S/C20H20N4O2/c1-26-18-10-6-5-9-16(18)14-22-20(25)17-11-12-19(24-23-17)21-13-15-7-3-2-4-8-15/h2-12H,13-14H2,1H3,(H,21,24)(H,22,25). The number of hydrogen-bond acceptors (Lipinski definition) is 5. The molecule has 6 nitrogen and oxygen atoms in total. The SMILES string of the molecule is COc1ccccc1CNC(=O)c1ccc(NCc2ccccc2)nn1. The van der Waals surface area contributed by atoms with Crippen LogP contribution in [0.25, 0.3) is 0 Å². The van der Waals surface area contributed by atoms with Crippen LogP contribution in [0.1, 0.15) is 21.6 Å². The summed E-state index contributed by atoms with van der Waals surface area (Å²) in [5.41, 5.74) is 2.32. The highest BCUT2D eigenvalue weighted by Crippen LogP contribution is 2.16. The Morgan fingerprint density at radius 1 is 0.923 bits per heavy atom. The van der Waals surface area contributed by atoms with Crippen molar-refractivity contribution in [1.82, 2.24) is 15.5 Å². The van der Waals surface area contributed by atoms with Crippen molar-refractivity contribution in [2.24, 2.45) is 0 Å². The second kappa shape index (κ2) is 8.62. The number of aromatic nitrogens is 2. The Kier molecular flexibility index (Phi) is 5.77. The van der Waals surface area contributed by atoms with Crippen molar-refractivity contribution in [3.8, 4) is 5.75 Å². The predicted octanol–water partition coefficient (Wildman–Crippen LogP) is 3.03. The van der Waals surface area contributed by atoms with Crippen LogP contribution in [0.15, 0.2) is 66.7 Å². The highest BCUT2D eigenvalue weighted by Gasteiger charge is 2.09. The Morgan fingerprint density at radius 2 is 1.69 bits per heavy atom. The molecule has 3 rings (SSSR count). The molecule has 0 atom stereocenters. The first-order valence-corrected chi connectivity index (χ1v) is 8.28. The van der Waals surface area contributed by atoms with E-state index in [9.17, 15) is 4.79 Å². The van der Waals surface area contributed by atoms with E-state index in [0.717, 1.165) is 16.9 Å². The van der Waals surface area contributed by atoms with Gasteiger partial charge in [-0.05, 0) is 23.8 Å². The molecule has 1 amide bonds. The van der Waals surface area contributed by atoms with Gasteiger partial charge in [-0.2, -0.15) is 0 Å². The minimum atomic E-state index is -0.280. The van der Waals surface area contributed by atoms with E-state index in [1.165, 1.54) is 0 Å². The summed E-state index contributed by atoms with van der Waals surface area (Å²) in [5.74, 6) is 1.08. The molecule has 132 valence electrons. The molecule has 0 aliphatic heterocycles. The minimum absolute atomic E-state index is 0.269. The Hall–Kier alpha value is -3.41. The molecule has 0 radical (unpaired) electrons. The van der Waals surface area contributed by atoms with Crippen LogP contribution in [-0.4, -0.2) is 23.2 Å². The molecule has 2 aromatic carbocycles. The molecular formula is C20H20N4O2. The predicted molar refractivity (Wildman–Crippen MR) is 100.0 cm³/mol. The molecular weight excluding hydrogens is 328 g/mol. The smallest absolute Gasteiger partial charge is 0.272 e. The van der Waals surface area contributed by atoms with Crippen LogP contribution in [0.5, 0.6) is 5.75 Å². The Labute approximate surface area is 152 Å². The lowest BCUT2D eigenvalue weighted by atomic mass is 10.2. The number of hydrogen-bond donors (Lipinski definition) is 2. The molecule has 1 heterocycles. The number of amides is 1. The highest BCUT2D eigenvalue weighted by atomic mass is 16.5. The van der Waals surface area contributed by atoms with Crippen LogP contribution < -0.4 is 15.4 Å². The number of ether oxygens (including phenoxy) is 1. The van der Waals surface area contributed by atoms with Gasteiger partial charge in [0.15, 0.2) is 5.69 Å². The maximum absolute atomic E-state index is 12.2. The Morgan fingerprint density at radius 3 is 2.42 bits per heavy atom. The molecule has 0 aliphatic rings. The number of benzene rings is 2. The fourth-order valence-corrected chi connectivity index (χ4v) is 2.45. The summed E-state index contributed by atoms with van der Waals surface area (Å²) in [5, 5.41) is 14.1. The maximum Gasteiger partial charge on any atom is 0.272 e. The first-order chi connectivity index (χ1) is 12.8. The number of rotatable bonds is 7. The van der Waals surface area contributed by atoms with Gasteiger partial charge in [-0.15, -0.1) is 10.2 Å². The minimum Gasteiger partial charge on any atom is -0.496 e. The van der Waals surface area contributed by atoms with Crippen LogP contribution in [-0.2, 0) is 13.1 Å². The van der Waals surface area contributed by atoms with Crippen molar-refractivity contribution >= 4 is 11.7 Å². The number of para-hydroxylation sites is 1. The first-order valence-electron chi connectivity index (χ1n) is 8.28. The van der Waals surface area contributed by atoms with E-state index < -0.39 is 0 Å². The van der Waals surface area contributed by atoms with Gasteiger partial charge >= 0.3 is 0 Å². The summed E-state index contributed by atoms with van der Waals surface area (Å²) in [6, 6.07) is 20.9. The van der Waals surface area contributed by atoms with Crippen LogP contribution >= 0.6 is 0 Å². The van der Waals surface area contributed by atoms with Crippen LogP contribution in [0.3, 0.4) is 0 Å². The third-order valence-electron chi connectivity index (χ3n) is 3.85. The topological polar surface area (TPSA) is 76.1 Å². The van der Waals surface area contributed by atoms with Gasteiger partial charge in [-0.1, -0.05) is 48.5 Å². The molecule has 0 unspecified atom stereocenters. The molecule has 0 fully saturated rings. The van der Waals surface area contributed by atoms with Gasteiger partial charge in [0, 0.05) is 18.7 Å². The number of nitrogens with zero attached hydrogens (tertiary/aromatic N) is 2. The van der Waals surface area contributed by atoms with Crippen molar-refractivity contribution in [3.63, 3.8) is 0 Å². The van der Waals surface area contributed by atoms with Gasteiger partial charge in [-0.25, -0.2) is 0 Å². The third kappa shape index (κ3) is 4.57. The summed E-state index contributed by atoms with van der Waals surface area (Å²) < 4.78 is 5.27. The van der Waals surface area contributed by atoms with Crippen LogP contribution in [0.4, 0.5) is 5.82 Å². The second-order valence-corrected chi connectivity index (χ2v) is 5.64. The summed E-state index contributed by atoms with van der Waals surface area (Å²) in [7, 11) is 1.60. The first kappa shape index (κ1) is 17.4. The molecule has 1 aromatic heterocycles. The zero-order valence-corrected chi connectivity index (χ0v) is 14.5. The van der Waals surface area contributed by atoms with Gasteiger partial charge in [0.25, 0.3) is 5.91 Å². The van der Waals surface area contributed by atoms with Gasteiger partial charge in [-0.3, -0.25) is 4.79 Å². The molecule has 26 heavy (non-hydrogen) atoms. The molecule has 0 bridgehead atoms. The average Bonchev–Trinajstić information content (AvgIpc) is 2.72. The molecule has 0 saturated heterocycles. The largest absolute Gasteiger partial charge is 0.496 e. The van der Waals surface area contributed by atoms with E-state index in [4.69, 9.17) is 4.74 Å². The van der Waals surface area contributed by atoms with E-state index in [1.807, 2.05) is 54.6 Å². The fraction of sp³-hybridized carbons (Fsp3) is 0.150.